The zero-order chi connectivity index (χ0) is 8.69. The summed E-state index contributed by atoms with van der Waals surface area (Å²) in [6.07, 6.45) is 2.43. The predicted molar refractivity (Wildman–Crippen MR) is 52.3 cm³/mol. The first-order valence-corrected chi connectivity index (χ1v) is 5.07. The molecule has 0 bridgehead atoms. The van der Waals surface area contributed by atoms with Gasteiger partial charge in [0.1, 0.15) is 0 Å². The van der Waals surface area contributed by atoms with Gasteiger partial charge in [0.15, 0.2) is 0 Å². The Balaban J connectivity index is 3.34. The molecule has 0 aliphatic rings. The summed E-state index contributed by atoms with van der Waals surface area (Å²) in [6.45, 7) is 7.65. The van der Waals surface area contributed by atoms with Gasteiger partial charge in [-0.2, -0.15) is 0 Å². The first-order valence-electron chi connectivity index (χ1n) is 4.53. The van der Waals surface area contributed by atoms with Crippen LogP contribution in [0.15, 0.2) is 0 Å². The summed E-state index contributed by atoms with van der Waals surface area (Å²) >= 11 is 5.68. The van der Waals surface area contributed by atoms with Crippen LogP contribution in [0.25, 0.3) is 0 Å². The summed E-state index contributed by atoms with van der Waals surface area (Å²) in [5, 5.41) is 3.49. The van der Waals surface area contributed by atoms with Crippen LogP contribution in [0, 0.1) is 5.92 Å². The van der Waals surface area contributed by atoms with Crippen LogP contribution < -0.4 is 5.32 Å². The topological polar surface area (TPSA) is 12.0 Å². The normalized spacial score (nSPS) is 13.9. The van der Waals surface area contributed by atoms with Crippen molar-refractivity contribution < 1.29 is 0 Å². The average molecular weight is 178 g/mol. The Morgan fingerprint density at radius 1 is 1.27 bits per heavy atom. The number of rotatable bonds is 6. The lowest BCUT2D eigenvalue weighted by molar-refractivity contribution is 0.445. The van der Waals surface area contributed by atoms with Gasteiger partial charge in [0.2, 0.25) is 0 Å². The van der Waals surface area contributed by atoms with Crippen molar-refractivity contribution >= 4 is 11.6 Å². The molecule has 11 heavy (non-hydrogen) atoms. The molecule has 0 aliphatic carbocycles. The van der Waals surface area contributed by atoms with E-state index in [9.17, 15) is 0 Å². The fourth-order valence-corrected chi connectivity index (χ4v) is 1.11. The Kier molecular flexibility index (Phi) is 7.09. The molecule has 0 heterocycles. The van der Waals surface area contributed by atoms with Gasteiger partial charge in [-0.3, -0.25) is 0 Å². The molecule has 1 unspecified atom stereocenters. The largest absolute Gasteiger partial charge is 0.314 e. The van der Waals surface area contributed by atoms with Crippen LogP contribution in [0.1, 0.15) is 33.6 Å². The maximum Gasteiger partial charge on any atom is 0.0261 e. The standard InChI is InChI=1S/C9H20ClN/c1-4-9(5-2)11-7-8(3)6-10/h8-9,11H,4-7H2,1-3H3. The van der Waals surface area contributed by atoms with Crippen LogP contribution in [-0.4, -0.2) is 18.5 Å². The first kappa shape index (κ1) is 11.2. The van der Waals surface area contributed by atoms with Crippen molar-refractivity contribution in [3.8, 4) is 0 Å². The third-order valence-electron chi connectivity index (χ3n) is 2.00. The van der Waals surface area contributed by atoms with Gasteiger partial charge in [-0.25, -0.2) is 0 Å². The molecule has 0 saturated carbocycles. The lowest BCUT2D eigenvalue weighted by Gasteiger charge is -2.16. The van der Waals surface area contributed by atoms with Crippen LogP contribution >= 0.6 is 11.6 Å². The maximum absolute atomic E-state index is 5.68. The molecule has 0 aromatic carbocycles. The van der Waals surface area contributed by atoms with E-state index < -0.39 is 0 Å². The van der Waals surface area contributed by atoms with Crippen molar-refractivity contribution in [1.82, 2.24) is 5.32 Å². The average Bonchev–Trinajstić information content (AvgIpc) is 2.06. The highest BCUT2D eigenvalue weighted by Crippen LogP contribution is 2.00. The summed E-state index contributed by atoms with van der Waals surface area (Å²) in [5.41, 5.74) is 0. The molecular weight excluding hydrogens is 158 g/mol. The fourth-order valence-electron chi connectivity index (χ4n) is 1.000. The van der Waals surface area contributed by atoms with Crippen molar-refractivity contribution in [3.05, 3.63) is 0 Å². The van der Waals surface area contributed by atoms with Gasteiger partial charge in [-0.1, -0.05) is 20.8 Å². The Bertz CT molecular complexity index is 81.6. The number of halogens is 1. The quantitative estimate of drug-likeness (QED) is 0.616. The third kappa shape index (κ3) is 5.51. The minimum Gasteiger partial charge on any atom is -0.314 e. The van der Waals surface area contributed by atoms with E-state index in [2.05, 4.69) is 26.1 Å². The van der Waals surface area contributed by atoms with E-state index in [0.29, 0.717) is 12.0 Å². The molecule has 0 aromatic heterocycles. The van der Waals surface area contributed by atoms with Crippen LogP contribution in [0.4, 0.5) is 0 Å². The number of alkyl halides is 1. The molecule has 1 nitrogen and oxygen atoms in total. The molecule has 0 fully saturated rings. The number of hydrogen-bond donors (Lipinski definition) is 1. The van der Waals surface area contributed by atoms with E-state index in [-0.39, 0.29) is 0 Å². The summed E-state index contributed by atoms with van der Waals surface area (Å²) in [7, 11) is 0. The summed E-state index contributed by atoms with van der Waals surface area (Å²) in [6, 6.07) is 0.681. The van der Waals surface area contributed by atoms with Crippen molar-refractivity contribution in [1.29, 1.82) is 0 Å². The summed E-state index contributed by atoms with van der Waals surface area (Å²) < 4.78 is 0. The Labute approximate surface area is 75.5 Å². The second-order valence-electron chi connectivity index (χ2n) is 3.18. The Hall–Kier alpha value is 0.250. The van der Waals surface area contributed by atoms with Gasteiger partial charge < -0.3 is 5.32 Å². The Morgan fingerprint density at radius 2 is 1.82 bits per heavy atom. The molecule has 2 heteroatoms. The van der Waals surface area contributed by atoms with E-state index in [1.165, 1.54) is 12.8 Å². The van der Waals surface area contributed by atoms with Crippen molar-refractivity contribution in [2.24, 2.45) is 5.92 Å². The molecule has 1 atom stereocenters. The van der Waals surface area contributed by atoms with E-state index in [0.717, 1.165) is 12.4 Å². The van der Waals surface area contributed by atoms with Crippen LogP contribution in [0.3, 0.4) is 0 Å². The zero-order valence-corrected chi connectivity index (χ0v) is 8.62. The minimum absolute atomic E-state index is 0.595. The molecule has 1 N–H and O–H groups in total. The van der Waals surface area contributed by atoms with E-state index in [1.54, 1.807) is 0 Å². The van der Waals surface area contributed by atoms with E-state index in [1.807, 2.05) is 0 Å². The molecule has 0 saturated heterocycles. The maximum atomic E-state index is 5.68. The number of nitrogens with one attached hydrogen (secondary N) is 1. The molecule has 0 aromatic rings. The van der Waals surface area contributed by atoms with Crippen LogP contribution in [-0.2, 0) is 0 Å². The molecule has 0 aliphatic heterocycles. The Morgan fingerprint density at radius 3 is 2.18 bits per heavy atom. The lowest BCUT2D eigenvalue weighted by atomic mass is 10.1. The molecular formula is C9H20ClN. The molecule has 68 valence electrons. The van der Waals surface area contributed by atoms with Gasteiger partial charge in [0.05, 0.1) is 0 Å². The predicted octanol–water partition coefficient (Wildman–Crippen LogP) is 2.64. The molecule has 0 rings (SSSR count). The van der Waals surface area contributed by atoms with Crippen LogP contribution in [0.5, 0.6) is 0 Å². The highest BCUT2D eigenvalue weighted by molar-refractivity contribution is 6.18. The van der Waals surface area contributed by atoms with Gasteiger partial charge in [0.25, 0.3) is 0 Å². The first-order chi connectivity index (χ1) is 5.24. The minimum atomic E-state index is 0.595. The summed E-state index contributed by atoms with van der Waals surface area (Å²) in [4.78, 5) is 0. The SMILES string of the molecule is CCC(CC)NCC(C)CCl. The van der Waals surface area contributed by atoms with Gasteiger partial charge in [-0.15, -0.1) is 11.6 Å². The van der Waals surface area contributed by atoms with E-state index >= 15 is 0 Å². The monoisotopic (exact) mass is 177 g/mol. The highest BCUT2D eigenvalue weighted by atomic mass is 35.5. The second-order valence-corrected chi connectivity index (χ2v) is 3.49. The van der Waals surface area contributed by atoms with Crippen molar-refractivity contribution in [3.63, 3.8) is 0 Å². The fraction of sp³-hybridized carbons (Fsp3) is 1.00. The molecule has 0 amide bonds. The van der Waals surface area contributed by atoms with Gasteiger partial charge in [0, 0.05) is 11.9 Å². The zero-order valence-electron chi connectivity index (χ0n) is 7.86. The van der Waals surface area contributed by atoms with E-state index in [4.69, 9.17) is 11.6 Å². The summed E-state index contributed by atoms with van der Waals surface area (Å²) in [5.74, 6) is 1.35. The smallest absolute Gasteiger partial charge is 0.0261 e. The van der Waals surface area contributed by atoms with Crippen LogP contribution in [0.2, 0.25) is 0 Å². The lowest BCUT2D eigenvalue weighted by Crippen LogP contribution is -2.32. The van der Waals surface area contributed by atoms with Crippen molar-refractivity contribution in [2.75, 3.05) is 12.4 Å². The van der Waals surface area contributed by atoms with Crippen molar-refractivity contribution in [2.45, 2.75) is 39.7 Å². The number of hydrogen-bond acceptors (Lipinski definition) is 1. The van der Waals surface area contributed by atoms with Gasteiger partial charge in [-0.05, 0) is 25.3 Å². The van der Waals surface area contributed by atoms with Gasteiger partial charge >= 0.3 is 0 Å². The molecule has 0 radical (unpaired) electrons. The highest BCUT2D eigenvalue weighted by Gasteiger charge is 2.04. The molecule has 0 spiro atoms. The second kappa shape index (κ2) is 6.93. The third-order valence-corrected chi connectivity index (χ3v) is 2.53.